The molecule has 0 bridgehead atoms. The van der Waals surface area contributed by atoms with Crippen molar-refractivity contribution in [2.75, 3.05) is 23.7 Å². The lowest BCUT2D eigenvalue weighted by Gasteiger charge is -2.17. The van der Waals surface area contributed by atoms with Gasteiger partial charge in [-0.3, -0.25) is 9.59 Å². The SMILES string of the molecule is O=C(Nc1ccc(C(=O)Nc2ccc(Cl)c(S(=O)(=O)N3CCCC3)c2)cc1)c1ccccc1. The lowest BCUT2D eigenvalue weighted by Crippen LogP contribution is -2.28. The first-order chi connectivity index (χ1) is 15.8. The van der Waals surface area contributed by atoms with Gasteiger partial charge in [-0.1, -0.05) is 29.8 Å². The Bertz CT molecular complexity index is 1270. The smallest absolute Gasteiger partial charge is 0.255 e. The molecule has 1 saturated heterocycles. The van der Waals surface area contributed by atoms with Gasteiger partial charge in [0.25, 0.3) is 11.8 Å². The summed E-state index contributed by atoms with van der Waals surface area (Å²) < 4.78 is 27.2. The van der Waals surface area contributed by atoms with Gasteiger partial charge in [0, 0.05) is 35.6 Å². The van der Waals surface area contributed by atoms with Crippen molar-refractivity contribution in [2.45, 2.75) is 17.7 Å². The number of sulfonamides is 1. The van der Waals surface area contributed by atoms with Crippen LogP contribution in [0.2, 0.25) is 5.02 Å². The minimum Gasteiger partial charge on any atom is -0.322 e. The number of halogens is 1. The molecule has 2 amide bonds. The van der Waals surface area contributed by atoms with E-state index in [0.29, 0.717) is 35.6 Å². The molecule has 1 aliphatic rings. The zero-order valence-corrected chi connectivity index (χ0v) is 19.2. The van der Waals surface area contributed by atoms with Crippen LogP contribution >= 0.6 is 11.6 Å². The average Bonchev–Trinajstić information content (AvgIpc) is 3.37. The van der Waals surface area contributed by atoms with Crippen LogP contribution in [0.15, 0.2) is 77.7 Å². The number of nitrogens with zero attached hydrogens (tertiary/aromatic N) is 1. The first kappa shape index (κ1) is 23.0. The second-order valence-electron chi connectivity index (χ2n) is 7.61. The molecule has 1 aliphatic heterocycles. The molecule has 2 N–H and O–H groups in total. The Morgan fingerprint density at radius 2 is 1.30 bits per heavy atom. The van der Waals surface area contributed by atoms with E-state index in [1.54, 1.807) is 54.6 Å². The van der Waals surface area contributed by atoms with Crippen molar-refractivity contribution < 1.29 is 18.0 Å². The maximum Gasteiger partial charge on any atom is 0.255 e. The Labute approximate surface area is 197 Å². The van der Waals surface area contributed by atoms with Crippen molar-refractivity contribution in [1.82, 2.24) is 4.31 Å². The molecule has 0 atom stereocenters. The Hall–Kier alpha value is -3.20. The molecule has 0 aromatic heterocycles. The van der Waals surface area contributed by atoms with Crippen molar-refractivity contribution in [3.63, 3.8) is 0 Å². The van der Waals surface area contributed by atoms with E-state index in [4.69, 9.17) is 11.6 Å². The summed E-state index contributed by atoms with van der Waals surface area (Å²) in [6.07, 6.45) is 1.63. The molecule has 3 aromatic rings. The first-order valence-electron chi connectivity index (χ1n) is 10.4. The quantitative estimate of drug-likeness (QED) is 0.534. The summed E-state index contributed by atoms with van der Waals surface area (Å²) in [6, 6.07) is 19.6. The van der Waals surface area contributed by atoms with Gasteiger partial charge in [0.05, 0.1) is 5.02 Å². The second-order valence-corrected chi connectivity index (χ2v) is 9.92. The van der Waals surface area contributed by atoms with Gasteiger partial charge in [-0.2, -0.15) is 4.31 Å². The van der Waals surface area contributed by atoms with Crippen LogP contribution in [0.5, 0.6) is 0 Å². The molecular weight excluding hydrogens is 462 g/mol. The summed E-state index contributed by atoms with van der Waals surface area (Å²) in [5.74, 6) is -0.663. The van der Waals surface area contributed by atoms with Gasteiger partial charge in [-0.25, -0.2) is 8.42 Å². The third-order valence-electron chi connectivity index (χ3n) is 5.31. The number of hydrogen-bond acceptors (Lipinski definition) is 4. The van der Waals surface area contributed by atoms with Crippen LogP contribution in [0.3, 0.4) is 0 Å². The molecule has 170 valence electrons. The molecule has 1 fully saturated rings. The van der Waals surface area contributed by atoms with Gasteiger partial charge >= 0.3 is 0 Å². The van der Waals surface area contributed by atoms with E-state index in [0.717, 1.165) is 12.8 Å². The lowest BCUT2D eigenvalue weighted by molar-refractivity contribution is 0.102. The average molecular weight is 484 g/mol. The minimum absolute atomic E-state index is 0.0251. The maximum atomic E-state index is 12.9. The topological polar surface area (TPSA) is 95.6 Å². The summed E-state index contributed by atoms with van der Waals surface area (Å²) in [5.41, 5.74) is 1.75. The Morgan fingerprint density at radius 3 is 1.94 bits per heavy atom. The summed E-state index contributed by atoms with van der Waals surface area (Å²) in [5, 5.41) is 5.59. The predicted molar refractivity (Wildman–Crippen MR) is 128 cm³/mol. The van der Waals surface area contributed by atoms with E-state index in [-0.39, 0.29) is 15.8 Å². The number of benzene rings is 3. The molecule has 4 rings (SSSR count). The lowest BCUT2D eigenvalue weighted by atomic mass is 10.1. The highest BCUT2D eigenvalue weighted by molar-refractivity contribution is 7.89. The fourth-order valence-corrected chi connectivity index (χ4v) is 5.56. The number of rotatable bonds is 6. The molecule has 0 unspecified atom stereocenters. The monoisotopic (exact) mass is 483 g/mol. The van der Waals surface area contributed by atoms with E-state index in [9.17, 15) is 18.0 Å². The van der Waals surface area contributed by atoms with Gasteiger partial charge < -0.3 is 10.6 Å². The molecule has 1 heterocycles. The van der Waals surface area contributed by atoms with E-state index in [1.165, 1.54) is 16.4 Å². The zero-order valence-electron chi connectivity index (χ0n) is 17.6. The number of nitrogens with one attached hydrogen (secondary N) is 2. The van der Waals surface area contributed by atoms with Crippen molar-refractivity contribution in [2.24, 2.45) is 0 Å². The van der Waals surface area contributed by atoms with Crippen LogP contribution in [0, 0.1) is 0 Å². The standard InChI is InChI=1S/C24H22ClN3O4S/c25-21-13-12-20(16-22(21)33(31,32)28-14-4-5-15-28)27-24(30)18-8-10-19(11-9-18)26-23(29)17-6-2-1-3-7-17/h1-3,6-13,16H,4-5,14-15H2,(H,26,29)(H,27,30). The highest BCUT2D eigenvalue weighted by atomic mass is 35.5. The molecule has 0 saturated carbocycles. The number of hydrogen-bond donors (Lipinski definition) is 2. The minimum atomic E-state index is -3.72. The molecule has 3 aromatic carbocycles. The molecular formula is C24H22ClN3O4S. The highest BCUT2D eigenvalue weighted by Gasteiger charge is 2.29. The molecule has 0 spiro atoms. The molecule has 0 aliphatic carbocycles. The largest absolute Gasteiger partial charge is 0.322 e. The van der Waals surface area contributed by atoms with E-state index in [1.807, 2.05) is 6.07 Å². The zero-order chi connectivity index (χ0) is 23.4. The fourth-order valence-electron chi connectivity index (χ4n) is 3.55. The van der Waals surface area contributed by atoms with Crippen molar-refractivity contribution in [3.8, 4) is 0 Å². The summed E-state index contributed by atoms with van der Waals surface area (Å²) in [7, 11) is -3.72. The third kappa shape index (κ3) is 5.24. The molecule has 33 heavy (non-hydrogen) atoms. The molecule has 7 nitrogen and oxygen atoms in total. The first-order valence-corrected chi connectivity index (χ1v) is 12.2. The molecule has 0 radical (unpaired) electrons. The Kier molecular flexibility index (Phi) is 6.78. The summed E-state index contributed by atoms with van der Waals surface area (Å²) in [6.45, 7) is 0.921. The predicted octanol–water partition coefficient (Wildman–Crippen LogP) is 4.63. The van der Waals surface area contributed by atoms with Crippen LogP contribution in [-0.4, -0.2) is 37.6 Å². The van der Waals surface area contributed by atoms with Gasteiger partial charge in [-0.05, 0) is 67.4 Å². The van der Waals surface area contributed by atoms with Gasteiger partial charge in [0.15, 0.2) is 0 Å². The highest BCUT2D eigenvalue weighted by Crippen LogP contribution is 2.30. The van der Waals surface area contributed by atoms with E-state index in [2.05, 4.69) is 10.6 Å². The normalized spacial score (nSPS) is 14.1. The van der Waals surface area contributed by atoms with Crippen LogP contribution in [0.1, 0.15) is 33.6 Å². The van der Waals surface area contributed by atoms with Crippen molar-refractivity contribution in [1.29, 1.82) is 0 Å². The maximum absolute atomic E-state index is 12.9. The van der Waals surface area contributed by atoms with Crippen molar-refractivity contribution >= 4 is 44.8 Å². The van der Waals surface area contributed by atoms with E-state index < -0.39 is 15.9 Å². The van der Waals surface area contributed by atoms with Crippen molar-refractivity contribution in [3.05, 3.63) is 88.9 Å². The number of amides is 2. The van der Waals surface area contributed by atoms with Gasteiger partial charge in [0.2, 0.25) is 10.0 Å². The van der Waals surface area contributed by atoms with Crippen LogP contribution in [0.25, 0.3) is 0 Å². The van der Waals surface area contributed by atoms with Gasteiger partial charge in [0.1, 0.15) is 4.90 Å². The van der Waals surface area contributed by atoms with E-state index >= 15 is 0 Å². The van der Waals surface area contributed by atoms with Gasteiger partial charge in [-0.15, -0.1) is 0 Å². The number of carbonyl (C=O) groups excluding carboxylic acids is 2. The number of anilines is 2. The van der Waals surface area contributed by atoms with Crippen LogP contribution in [-0.2, 0) is 10.0 Å². The fraction of sp³-hybridized carbons (Fsp3) is 0.167. The second kappa shape index (κ2) is 9.74. The van der Waals surface area contributed by atoms with Crippen LogP contribution < -0.4 is 10.6 Å². The molecule has 9 heteroatoms. The third-order valence-corrected chi connectivity index (χ3v) is 7.69. The Morgan fingerprint density at radius 1 is 0.758 bits per heavy atom. The van der Waals surface area contributed by atoms with Crippen LogP contribution in [0.4, 0.5) is 11.4 Å². The summed E-state index contributed by atoms with van der Waals surface area (Å²) in [4.78, 5) is 24.9. The number of carbonyl (C=O) groups is 2. The Balaban J connectivity index is 1.45. The summed E-state index contributed by atoms with van der Waals surface area (Å²) >= 11 is 6.16.